The maximum Gasteiger partial charge on any atom is 0.253 e. The van der Waals surface area contributed by atoms with Gasteiger partial charge in [0.05, 0.1) is 6.61 Å². The number of piperidine rings is 1. The van der Waals surface area contributed by atoms with Crippen molar-refractivity contribution in [3.8, 4) is 0 Å². The zero-order valence-corrected chi connectivity index (χ0v) is 13.9. The van der Waals surface area contributed by atoms with Crippen LogP contribution in [-0.4, -0.2) is 60.4 Å². The lowest BCUT2D eigenvalue weighted by Crippen LogP contribution is -2.49. The Morgan fingerprint density at radius 1 is 1.35 bits per heavy atom. The Balaban J connectivity index is 1.46. The van der Waals surface area contributed by atoms with Gasteiger partial charge in [0.1, 0.15) is 5.60 Å². The van der Waals surface area contributed by atoms with Gasteiger partial charge in [0.25, 0.3) is 5.91 Å². The van der Waals surface area contributed by atoms with E-state index in [1.807, 2.05) is 4.90 Å². The highest BCUT2D eigenvalue weighted by atomic mass is 35.5. The maximum absolute atomic E-state index is 12.4. The molecule has 1 aromatic carbocycles. The van der Waals surface area contributed by atoms with Crippen LogP contribution >= 0.6 is 11.6 Å². The first-order valence-electron chi connectivity index (χ1n) is 8.14. The van der Waals surface area contributed by atoms with Crippen LogP contribution < -0.4 is 5.32 Å². The molecule has 0 spiro atoms. The van der Waals surface area contributed by atoms with E-state index < -0.39 is 5.60 Å². The van der Waals surface area contributed by atoms with Gasteiger partial charge in [-0.3, -0.25) is 4.79 Å². The third kappa shape index (κ3) is 4.23. The van der Waals surface area contributed by atoms with Gasteiger partial charge in [0.15, 0.2) is 0 Å². The summed E-state index contributed by atoms with van der Waals surface area (Å²) in [7, 11) is 0. The second-order valence-corrected chi connectivity index (χ2v) is 6.92. The molecule has 5 nitrogen and oxygen atoms in total. The van der Waals surface area contributed by atoms with Crippen LogP contribution in [0.4, 0.5) is 0 Å². The van der Waals surface area contributed by atoms with Crippen molar-refractivity contribution in [2.45, 2.75) is 30.9 Å². The van der Waals surface area contributed by atoms with Crippen LogP contribution in [0.15, 0.2) is 24.3 Å². The van der Waals surface area contributed by atoms with E-state index in [2.05, 4.69) is 5.32 Å². The van der Waals surface area contributed by atoms with Crippen molar-refractivity contribution < 1.29 is 14.6 Å². The third-order valence-electron chi connectivity index (χ3n) is 4.68. The van der Waals surface area contributed by atoms with E-state index in [1.165, 1.54) is 0 Å². The van der Waals surface area contributed by atoms with Crippen molar-refractivity contribution in [1.82, 2.24) is 10.2 Å². The van der Waals surface area contributed by atoms with Crippen LogP contribution in [0.2, 0.25) is 5.02 Å². The standard InChI is InChI=1S/C17H23ClN2O3/c18-14-3-1-13(2-4-14)16(21)20-8-5-15(6-9-20)19-11-17(22)7-10-23-12-17/h1-4,15,19,22H,5-12H2. The van der Waals surface area contributed by atoms with Gasteiger partial charge in [0, 0.05) is 49.3 Å². The normalized spacial score (nSPS) is 25.7. The molecule has 2 heterocycles. The zero-order chi connectivity index (χ0) is 16.3. The lowest BCUT2D eigenvalue weighted by Gasteiger charge is -2.34. The van der Waals surface area contributed by atoms with Crippen LogP contribution in [-0.2, 0) is 4.74 Å². The Bertz CT molecular complexity index is 535. The predicted octanol–water partition coefficient (Wildman–Crippen LogP) is 1.69. The summed E-state index contributed by atoms with van der Waals surface area (Å²) in [6, 6.07) is 7.37. The van der Waals surface area contributed by atoms with Gasteiger partial charge < -0.3 is 20.1 Å². The lowest BCUT2D eigenvalue weighted by molar-refractivity contribution is 0.0224. The lowest BCUT2D eigenvalue weighted by atomic mass is 10.00. The molecule has 23 heavy (non-hydrogen) atoms. The number of nitrogens with zero attached hydrogens (tertiary/aromatic N) is 1. The molecule has 0 radical (unpaired) electrons. The van der Waals surface area contributed by atoms with E-state index in [1.54, 1.807) is 24.3 Å². The van der Waals surface area contributed by atoms with Crippen LogP contribution in [0.25, 0.3) is 0 Å². The molecule has 0 bridgehead atoms. The molecule has 126 valence electrons. The quantitative estimate of drug-likeness (QED) is 0.877. The second kappa shape index (κ2) is 7.18. The predicted molar refractivity (Wildman–Crippen MR) is 88.8 cm³/mol. The van der Waals surface area contributed by atoms with E-state index in [-0.39, 0.29) is 5.91 Å². The Kier molecular flexibility index (Phi) is 5.21. The fourth-order valence-electron chi connectivity index (χ4n) is 3.13. The average molecular weight is 339 g/mol. The van der Waals surface area contributed by atoms with Gasteiger partial charge in [-0.1, -0.05) is 11.6 Å². The number of benzene rings is 1. The molecule has 3 rings (SSSR count). The van der Waals surface area contributed by atoms with Gasteiger partial charge >= 0.3 is 0 Å². The summed E-state index contributed by atoms with van der Waals surface area (Å²) in [6.07, 6.45) is 2.49. The molecular weight excluding hydrogens is 316 g/mol. The summed E-state index contributed by atoms with van der Waals surface area (Å²) in [5, 5.41) is 14.3. The van der Waals surface area contributed by atoms with E-state index in [9.17, 15) is 9.90 Å². The van der Waals surface area contributed by atoms with Crippen molar-refractivity contribution in [2.75, 3.05) is 32.8 Å². The highest BCUT2D eigenvalue weighted by Gasteiger charge is 2.33. The summed E-state index contributed by atoms with van der Waals surface area (Å²) >= 11 is 5.86. The van der Waals surface area contributed by atoms with E-state index in [0.717, 1.165) is 25.9 Å². The van der Waals surface area contributed by atoms with Gasteiger partial charge in [-0.05, 0) is 37.1 Å². The smallest absolute Gasteiger partial charge is 0.253 e. The molecule has 2 aliphatic heterocycles. The minimum atomic E-state index is -0.726. The highest BCUT2D eigenvalue weighted by Crippen LogP contribution is 2.19. The van der Waals surface area contributed by atoms with Crippen molar-refractivity contribution >= 4 is 17.5 Å². The van der Waals surface area contributed by atoms with Crippen LogP contribution in [0.3, 0.4) is 0 Å². The number of hydrogen-bond acceptors (Lipinski definition) is 4. The van der Waals surface area contributed by atoms with Crippen LogP contribution in [0.1, 0.15) is 29.6 Å². The monoisotopic (exact) mass is 338 g/mol. The summed E-state index contributed by atoms with van der Waals surface area (Å²) < 4.78 is 5.25. The Hall–Kier alpha value is -1.14. The van der Waals surface area contributed by atoms with Gasteiger partial charge in [-0.2, -0.15) is 0 Å². The number of rotatable bonds is 4. The molecule has 1 aromatic rings. The van der Waals surface area contributed by atoms with Gasteiger partial charge in [0.2, 0.25) is 0 Å². The molecule has 2 N–H and O–H groups in total. The van der Waals surface area contributed by atoms with Crippen molar-refractivity contribution in [2.24, 2.45) is 0 Å². The molecule has 0 aromatic heterocycles. The molecule has 2 fully saturated rings. The molecule has 2 aliphatic rings. The minimum absolute atomic E-state index is 0.0583. The molecule has 6 heteroatoms. The number of aliphatic hydroxyl groups is 1. The minimum Gasteiger partial charge on any atom is -0.386 e. The second-order valence-electron chi connectivity index (χ2n) is 6.48. The largest absolute Gasteiger partial charge is 0.386 e. The molecule has 0 saturated carbocycles. The first-order chi connectivity index (χ1) is 11.1. The van der Waals surface area contributed by atoms with Crippen molar-refractivity contribution in [1.29, 1.82) is 0 Å². The van der Waals surface area contributed by atoms with Gasteiger partial charge in [-0.25, -0.2) is 0 Å². The number of amides is 1. The Morgan fingerprint density at radius 3 is 2.65 bits per heavy atom. The number of ether oxygens (including phenoxy) is 1. The molecular formula is C17H23ClN2O3. The molecule has 1 amide bonds. The summed E-state index contributed by atoms with van der Waals surface area (Å²) in [6.45, 7) is 3.06. The number of hydrogen-bond donors (Lipinski definition) is 2. The van der Waals surface area contributed by atoms with Crippen molar-refractivity contribution in [3.63, 3.8) is 0 Å². The number of carbonyl (C=O) groups excluding carboxylic acids is 1. The fourth-order valence-corrected chi connectivity index (χ4v) is 3.26. The number of likely N-dealkylation sites (tertiary alicyclic amines) is 1. The first-order valence-corrected chi connectivity index (χ1v) is 8.52. The van der Waals surface area contributed by atoms with Gasteiger partial charge in [-0.15, -0.1) is 0 Å². The van der Waals surface area contributed by atoms with Crippen LogP contribution in [0.5, 0.6) is 0 Å². The topological polar surface area (TPSA) is 61.8 Å². The molecule has 1 atom stereocenters. The Labute approximate surface area is 141 Å². The van der Waals surface area contributed by atoms with E-state index in [0.29, 0.717) is 42.8 Å². The highest BCUT2D eigenvalue weighted by molar-refractivity contribution is 6.30. The summed E-state index contributed by atoms with van der Waals surface area (Å²) in [4.78, 5) is 14.3. The SMILES string of the molecule is O=C(c1ccc(Cl)cc1)N1CCC(NCC2(O)CCOC2)CC1. The molecule has 0 aliphatic carbocycles. The first kappa shape index (κ1) is 16.7. The zero-order valence-electron chi connectivity index (χ0n) is 13.1. The number of halogens is 1. The van der Waals surface area contributed by atoms with E-state index in [4.69, 9.17) is 16.3 Å². The third-order valence-corrected chi connectivity index (χ3v) is 4.93. The number of nitrogens with one attached hydrogen (secondary N) is 1. The molecule has 1 unspecified atom stereocenters. The van der Waals surface area contributed by atoms with Crippen LogP contribution in [0, 0.1) is 0 Å². The fraction of sp³-hybridized carbons (Fsp3) is 0.588. The van der Waals surface area contributed by atoms with Crippen molar-refractivity contribution in [3.05, 3.63) is 34.9 Å². The summed E-state index contributed by atoms with van der Waals surface area (Å²) in [5.41, 5.74) is -0.0470. The average Bonchev–Trinajstić information content (AvgIpc) is 3.01. The summed E-state index contributed by atoms with van der Waals surface area (Å²) in [5.74, 6) is 0.0583. The van der Waals surface area contributed by atoms with E-state index >= 15 is 0 Å². The maximum atomic E-state index is 12.4. The Morgan fingerprint density at radius 2 is 2.04 bits per heavy atom. The number of carbonyl (C=O) groups is 1. The molecule has 2 saturated heterocycles.